The maximum atomic E-state index is 12.3. The van der Waals surface area contributed by atoms with Crippen molar-refractivity contribution in [2.75, 3.05) is 5.32 Å². The molecule has 0 spiro atoms. The number of anilines is 1. The van der Waals surface area contributed by atoms with Gasteiger partial charge in [0, 0.05) is 6.04 Å². The van der Waals surface area contributed by atoms with Crippen LogP contribution in [0, 0.1) is 0 Å². The van der Waals surface area contributed by atoms with E-state index in [1.54, 1.807) is 0 Å². The molecule has 1 rings (SSSR count). The summed E-state index contributed by atoms with van der Waals surface area (Å²) >= 11 is 0. The number of pyridine rings is 1. The molecule has 0 aliphatic carbocycles. The van der Waals surface area contributed by atoms with E-state index in [0.29, 0.717) is 5.69 Å². The maximum absolute atomic E-state index is 12.3. The summed E-state index contributed by atoms with van der Waals surface area (Å²) in [4.78, 5) is 3.43. The molecule has 0 aromatic carbocycles. The van der Waals surface area contributed by atoms with Crippen molar-refractivity contribution in [3.63, 3.8) is 0 Å². The number of unbranched alkanes of at least 4 members (excludes halogenated alkanes) is 3. The molecule has 1 atom stereocenters. The van der Waals surface area contributed by atoms with Crippen molar-refractivity contribution in [2.24, 2.45) is 0 Å². The first-order chi connectivity index (χ1) is 8.93. The Morgan fingerprint density at radius 3 is 2.47 bits per heavy atom. The fourth-order valence-corrected chi connectivity index (χ4v) is 1.88. The van der Waals surface area contributed by atoms with Crippen LogP contribution in [-0.2, 0) is 6.18 Å². The van der Waals surface area contributed by atoms with E-state index in [1.807, 2.05) is 6.92 Å². The number of nitrogens with one attached hydrogen (secondary N) is 1. The van der Waals surface area contributed by atoms with Gasteiger partial charge in [0.15, 0.2) is 0 Å². The van der Waals surface area contributed by atoms with Gasteiger partial charge in [-0.25, -0.2) is 4.98 Å². The largest absolute Gasteiger partial charge is 0.433 e. The Labute approximate surface area is 112 Å². The highest BCUT2D eigenvalue weighted by Gasteiger charge is 2.31. The molecule has 0 bridgehead atoms. The molecule has 0 saturated heterocycles. The number of halogens is 3. The van der Waals surface area contributed by atoms with Crippen molar-refractivity contribution < 1.29 is 13.2 Å². The molecule has 108 valence electrons. The van der Waals surface area contributed by atoms with Gasteiger partial charge in [0.05, 0.1) is 11.9 Å². The topological polar surface area (TPSA) is 24.9 Å². The molecule has 0 aliphatic rings. The number of hydrogen-bond acceptors (Lipinski definition) is 2. The molecule has 0 fully saturated rings. The van der Waals surface area contributed by atoms with Crippen LogP contribution >= 0.6 is 0 Å². The van der Waals surface area contributed by atoms with Gasteiger partial charge in [-0.2, -0.15) is 13.2 Å². The molecule has 0 radical (unpaired) electrons. The summed E-state index contributed by atoms with van der Waals surface area (Å²) in [5.41, 5.74) is -0.218. The molecule has 1 unspecified atom stereocenters. The predicted molar refractivity (Wildman–Crippen MR) is 71.1 cm³/mol. The van der Waals surface area contributed by atoms with Gasteiger partial charge in [-0.15, -0.1) is 0 Å². The summed E-state index contributed by atoms with van der Waals surface area (Å²) in [5, 5.41) is 3.17. The van der Waals surface area contributed by atoms with Gasteiger partial charge in [-0.1, -0.05) is 32.6 Å². The molecule has 2 nitrogen and oxygen atoms in total. The summed E-state index contributed by atoms with van der Waals surface area (Å²) in [6.45, 7) is 4.19. The van der Waals surface area contributed by atoms with E-state index >= 15 is 0 Å². The van der Waals surface area contributed by atoms with E-state index in [4.69, 9.17) is 0 Å². The molecule has 0 aliphatic heterocycles. The monoisotopic (exact) mass is 274 g/mol. The SMILES string of the molecule is CCCCCCC(C)Nc1ccc(C(F)(F)F)nc1. The van der Waals surface area contributed by atoms with Crippen molar-refractivity contribution >= 4 is 5.69 Å². The third-order valence-electron chi connectivity index (χ3n) is 2.96. The Kier molecular flexibility index (Phi) is 6.12. The molecule has 0 amide bonds. The second-order valence-electron chi connectivity index (χ2n) is 4.82. The molecule has 0 saturated carbocycles. The summed E-state index contributed by atoms with van der Waals surface area (Å²) in [6.07, 6.45) is 2.65. The first-order valence-electron chi connectivity index (χ1n) is 6.73. The molecule has 1 aromatic rings. The van der Waals surface area contributed by atoms with Gasteiger partial charge in [-0.3, -0.25) is 0 Å². The van der Waals surface area contributed by atoms with Crippen molar-refractivity contribution in [3.05, 3.63) is 24.0 Å². The Balaban J connectivity index is 2.40. The smallest absolute Gasteiger partial charge is 0.381 e. The zero-order chi connectivity index (χ0) is 14.3. The van der Waals surface area contributed by atoms with Crippen LogP contribution in [-0.4, -0.2) is 11.0 Å². The lowest BCUT2D eigenvalue weighted by molar-refractivity contribution is -0.141. The van der Waals surface area contributed by atoms with Gasteiger partial charge < -0.3 is 5.32 Å². The lowest BCUT2D eigenvalue weighted by Gasteiger charge is -2.15. The number of alkyl halides is 3. The fourth-order valence-electron chi connectivity index (χ4n) is 1.88. The number of rotatable bonds is 7. The standard InChI is InChI=1S/C14H21F3N2/c1-3-4-5-6-7-11(2)19-12-8-9-13(18-10-12)14(15,16)17/h8-11,19H,3-7H2,1-2H3. The number of aromatic nitrogens is 1. The zero-order valence-corrected chi connectivity index (χ0v) is 11.4. The van der Waals surface area contributed by atoms with E-state index < -0.39 is 11.9 Å². The first-order valence-corrected chi connectivity index (χ1v) is 6.73. The van der Waals surface area contributed by atoms with Gasteiger partial charge in [0.25, 0.3) is 0 Å². The van der Waals surface area contributed by atoms with Crippen LogP contribution in [0.2, 0.25) is 0 Å². The molecule has 1 heterocycles. The Hall–Kier alpha value is -1.26. The Morgan fingerprint density at radius 1 is 1.21 bits per heavy atom. The summed E-state index contributed by atoms with van der Waals surface area (Å²) in [5.74, 6) is 0. The minimum absolute atomic E-state index is 0.246. The third kappa shape index (κ3) is 5.94. The van der Waals surface area contributed by atoms with Crippen LogP contribution in [0.5, 0.6) is 0 Å². The van der Waals surface area contributed by atoms with Gasteiger partial charge >= 0.3 is 6.18 Å². The molecule has 19 heavy (non-hydrogen) atoms. The van der Waals surface area contributed by atoms with Crippen molar-refractivity contribution in [3.8, 4) is 0 Å². The lowest BCUT2D eigenvalue weighted by atomic mass is 10.1. The van der Waals surface area contributed by atoms with Crippen LogP contribution in [0.4, 0.5) is 18.9 Å². The summed E-state index contributed by atoms with van der Waals surface area (Å²) < 4.78 is 37.0. The van der Waals surface area contributed by atoms with E-state index in [0.717, 1.165) is 18.9 Å². The van der Waals surface area contributed by atoms with Crippen molar-refractivity contribution in [1.82, 2.24) is 4.98 Å². The zero-order valence-electron chi connectivity index (χ0n) is 11.4. The minimum atomic E-state index is -4.37. The van der Waals surface area contributed by atoms with Crippen LogP contribution in [0.15, 0.2) is 18.3 Å². The molecule has 5 heteroatoms. The molecular weight excluding hydrogens is 253 g/mol. The third-order valence-corrected chi connectivity index (χ3v) is 2.96. The average molecular weight is 274 g/mol. The fraction of sp³-hybridized carbons (Fsp3) is 0.643. The normalized spacial score (nSPS) is 13.3. The van der Waals surface area contributed by atoms with Crippen LogP contribution in [0.25, 0.3) is 0 Å². The van der Waals surface area contributed by atoms with Crippen molar-refractivity contribution in [2.45, 2.75) is 58.2 Å². The molecule has 1 N–H and O–H groups in total. The summed E-state index contributed by atoms with van der Waals surface area (Å²) in [6, 6.07) is 2.68. The maximum Gasteiger partial charge on any atom is 0.433 e. The lowest BCUT2D eigenvalue weighted by Crippen LogP contribution is -2.15. The molecular formula is C14H21F3N2. The average Bonchev–Trinajstić information content (AvgIpc) is 2.34. The van der Waals surface area contributed by atoms with E-state index in [1.165, 1.54) is 31.5 Å². The van der Waals surface area contributed by atoms with Crippen molar-refractivity contribution in [1.29, 1.82) is 0 Å². The Morgan fingerprint density at radius 2 is 1.95 bits per heavy atom. The van der Waals surface area contributed by atoms with Gasteiger partial charge in [0.1, 0.15) is 5.69 Å². The van der Waals surface area contributed by atoms with Crippen LogP contribution in [0.3, 0.4) is 0 Å². The quantitative estimate of drug-likeness (QED) is 0.717. The van der Waals surface area contributed by atoms with Gasteiger partial charge in [-0.05, 0) is 25.5 Å². The van der Waals surface area contributed by atoms with E-state index in [-0.39, 0.29) is 6.04 Å². The second-order valence-corrected chi connectivity index (χ2v) is 4.82. The van der Waals surface area contributed by atoms with Crippen LogP contribution in [0.1, 0.15) is 51.6 Å². The summed E-state index contributed by atoms with van der Waals surface area (Å²) in [7, 11) is 0. The highest BCUT2D eigenvalue weighted by Crippen LogP contribution is 2.27. The highest BCUT2D eigenvalue weighted by molar-refractivity contribution is 5.42. The van der Waals surface area contributed by atoms with Crippen LogP contribution < -0.4 is 5.32 Å². The number of hydrogen-bond donors (Lipinski definition) is 1. The first kappa shape index (κ1) is 15.8. The van der Waals surface area contributed by atoms with E-state index in [9.17, 15) is 13.2 Å². The second kappa shape index (κ2) is 7.36. The highest BCUT2D eigenvalue weighted by atomic mass is 19.4. The predicted octanol–water partition coefficient (Wildman–Crippen LogP) is 4.87. The minimum Gasteiger partial charge on any atom is -0.381 e. The van der Waals surface area contributed by atoms with Gasteiger partial charge in [0.2, 0.25) is 0 Å². The molecule has 1 aromatic heterocycles. The Bertz CT molecular complexity index is 360. The van der Waals surface area contributed by atoms with E-state index in [2.05, 4.69) is 17.2 Å². The number of nitrogens with zero attached hydrogens (tertiary/aromatic N) is 1.